The first-order valence-electron chi connectivity index (χ1n) is 10.6. The fourth-order valence-corrected chi connectivity index (χ4v) is 5.92. The first kappa shape index (κ1) is 21.5. The molecule has 1 unspecified atom stereocenters. The highest BCUT2D eigenvalue weighted by Gasteiger charge is 2.37. The summed E-state index contributed by atoms with van der Waals surface area (Å²) >= 11 is 0. The van der Waals surface area contributed by atoms with Crippen molar-refractivity contribution >= 4 is 39.0 Å². The predicted molar refractivity (Wildman–Crippen MR) is 115 cm³/mol. The Bertz CT molecular complexity index is 1030. The maximum absolute atomic E-state index is 12.9. The summed E-state index contributed by atoms with van der Waals surface area (Å²) in [5, 5.41) is 8.13. The molecule has 0 bridgehead atoms. The molecule has 0 aromatic heterocycles. The number of anilines is 1. The molecular formula is C21H26N4O5S. The van der Waals surface area contributed by atoms with Crippen LogP contribution >= 0.6 is 0 Å². The molecule has 9 nitrogen and oxygen atoms in total. The molecule has 1 aromatic carbocycles. The number of piperidine rings is 1. The van der Waals surface area contributed by atoms with Gasteiger partial charge in [0.15, 0.2) is 9.84 Å². The summed E-state index contributed by atoms with van der Waals surface area (Å²) in [6.07, 6.45) is 3.63. The van der Waals surface area contributed by atoms with Gasteiger partial charge in [-0.1, -0.05) is 12.1 Å². The molecule has 10 heteroatoms. The number of para-hydroxylation sites is 1. The van der Waals surface area contributed by atoms with Gasteiger partial charge in [-0.05, 0) is 37.8 Å². The second-order valence-electron chi connectivity index (χ2n) is 8.19. The van der Waals surface area contributed by atoms with Gasteiger partial charge in [-0.3, -0.25) is 14.4 Å². The quantitative estimate of drug-likeness (QED) is 0.751. The second kappa shape index (κ2) is 8.78. The maximum Gasteiger partial charge on any atom is 0.271 e. The van der Waals surface area contributed by atoms with Crippen LogP contribution in [0.25, 0.3) is 0 Å². The van der Waals surface area contributed by atoms with Crippen LogP contribution in [0, 0.1) is 0 Å². The molecule has 2 fully saturated rings. The van der Waals surface area contributed by atoms with E-state index < -0.39 is 21.8 Å². The first-order valence-corrected chi connectivity index (χ1v) is 12.5. The molecule has 1 atom stereocenters. The molecule has 166 valence electrons. The summed E-state index contributed by atoms with van der Waals surface area (Å²) < 4.78 is 23.6. The fourth-order valence-electron chi connectivity index (χ4n) is 4.23. The lowest BCUT2D eigenvalue weighted by molar-refractivity contribution is -0.133. The van der Waals surface area contributed by atoms with Crippen molar-refractivity contribution < 1.29 is 22.8 Å². The largest absolute Gasteiger partial charge is 0.339 e. The number of sulfone groups is 1. The van der Waals surface area contributed by atoms with Gasteiger partial charge >= 0.3 is 0 Å². The molecule has 4 rings (SSSR count). The number of hydrogen-bond acceptors (Lipinski definition) is 6. The minimum atomic E-state index is -3.19. The van der Waals surface area contributed by atoms with E-state index in [4.69, 9.17) is 0 Å². The average Bonchev–Trinajstić information content (AvgIpc) is 3.14. The number of rotatable bonds is 4. The van der Waals surface area contributed by atoms with Crippen LogP contribution < -0.4 is 5.32 Å². The summed E-state index contributed by atoms with van der Waals surface area (Å²) in [5.74, 6) is -1.000. The predicted octanol–water partition coefficient (Wildman–Crippen LogP) is 1.42. The summed E-state index contributed by atoms with van der Waals surface area (Å²) in [6, 6.07) is 6.32. The number of carbonyl (C=O) groups excluding carboxylic acids is 3. The van der Waals surface area contributed by atoms with E-state index in [1.807, 2.05) is 0 Å². The van der Waals surface area contributed by atoms with Crippen molar-refractivity contribution in [3.05, 3.63) is 29.8 Å². The van der Waals surface area contributed by atoms with E-state index in [-0.39, 0.29) is 41.9 Å². The Labute approximate surface area is 181 Å². The highest BCUT2D eigenvalue weighted by molar-refractivity contribution is 7.91. The normalized spacial score (nSPS) is 23.4. The number of benzene rings is 1. The van der Waals surface area contributed by atoms with Crippen LogP contribution in [0.4, 0.5) is 5.69 Å². The Balaban J connectivity index is 1.51. The Morgan fingerprint density at radius 2 is 1.81 bits per heavy atom. The molecule has 0 saturated carbocycles. The number of hydrazone groups is 1. The standard InChI is InChI=1S/C21H26N4O5S/c26-19-9-8-18(23-25(19)15-10-13-31(29,30)14-15)20(27)22-17-7-3-2-6-16(17)21(28)24-11-4-1-5-12-24/h2-3,6-7,15H,1,4-5,8-14H2,(H,22,27). The van der Waals surface area contributed by atoms with Gasteiger partial charge in [0.2, 0.25) is 5.91 Å². The topological polar surface area (TPSA) is 116 Å². The zero-order chi connectivity index (χ0) is 22.0. The molecule has 1 N–H and O–H groups in total. The van der Waals surface area contributed by atoms with Crippen molar-refractivity contribution in [3.8, 4) is 0 Å². The summed E-state index contributed by atoms with van der Waals surface area (Å²) in [7, 11) is -3.19. The van der Waals surface area contributed by atoms with Gasteiger partial charge in [0.25, 0.3) is 11.8 Å². The second-order valence-corrected chi connectivity index (χ2v) is 10.4. The third-order valence-electron chi connectivity index (χ3n) is 5.92. The zero-order valence-corrected chi connectivity index (χ0v) is 18.1. The maximum atomic E-state index is 12.9. The lowest BCUT2D eigenvalue weighted by Gasteiger charge is -2.28. The van der Waals surface area contributed by atoms with E-state index in [2.05, 4.69) is 10.4 Å². The van der Waals surface area contributed by atoms with Gasteiger partial charge in [0.05, 0.1) is 28.8 Å². The number of carbonyl (C=O) groups is 3. The van der Waals surface area contributed by atoms with Crippen molar-refractivity contribution in [3.63, 3.8) is 0 Å². The summed E-state index contributed by atoms with van der Waals surface area (Å²) in [6.45, 7) is 1.41. The smallest absolute Gasteiger partial charge is 0.271 e. The molecule has 1 aromatic rings. The molecule has 3 amide bonds. The molecule has 3 aliphatic rings. The van der Waals surface area contributed by atoms with Crippen LogP contribution in [0.15, 0.2) is 29.4 Å². The van der Waals surface area contributed by atoms with E-state index in [0.717, 1.165) is 24.3 Å². The van der Waals surface area contributed by atoms with Crippen LogP contribution in [0.5, 0.6) is 0 Å². The lowest BCUT2D eigenvalue weighted by atomic mass is 10.1. The van der Waals surface area contributed by atoms with E-state index in [0.29, 0.717) is 30.8 Å². The van der Waals surface area contributed by atoms with Gasteiger partial charge < -0.3 is 10.2 Å². The zero-order valence-electron chi connectivity index (χ0n) is 17.2. The minimum absolute atomic E-state index is 0.0183. The lowest BCUT2D eigenvalue weighted by Crippen LogP contribution is -2.42. The van der Waals surface area contributed by atoms with Crippen LogP contribution in [-0.2, 0) is 19.4 Å². The minimum Gasteiger partial charge on any atom is -0.339 e. The SMILES string of the molecule is O=C(Nc1ccccc1C(=O)N1CCCCC1)C1=NN(C2CCS(=O)(=O)C2)C(=O)CC1. The highest BCUT2D eigenvalue weighted by Crippen LogP contribution is 2.24. The number of amides is 3. The van der Waals surface area contributed by atoms with E-state index >= 15 is 0 Å². The van der Waals surface area contributed by atoms with E-state index in [1.165, 1.54) is 0 Å². The van der Waals surface area contributed by atoms with Crippen molar-refractivity contribution in [1.82, 2.24) is 9.91 Å². The Kier molecular flexibility index (Phi) is 6.08. The molecule has 0 aliphatic carbocycles. The van der Waals surface area contributed by atoms with E-state index in [9.17, 15) is 22.8 Å². The van der Waals surface area contributed by atoms with Crippen LogP contribution in [0.1, 0.15) is 48.9 Å². The number of nitrogens with one attached hydrogen (secondary N) is 1. The monoisotopic (exact) mass is 446 g/mol. The van der Waals surface area contributed by atoms with Crippen LogP contribution in [0.3, 0.4) is 0 Å². The number of hydrogen-bond donors (Lipinski definition) is 1. The van der Waals surface area contributed by atoms with Gasteiger partial charge in [-0.2, -0.15) is 5.10 Å². The van der Waals surface area contributed by atoms with Gasteiger partial charge in [0.1, 0.15) is 5.71 Å². The van der Waals surface area contributed by atoms with Crippen molar-refractivity contribution in [2.75, 3.05) is 29.9 Å². The number of nitrogens with zero attached hydrogens (tertiary/aromatic N) is 3. The molecule has 2 saturated heterocycles. The third kappa shape index (κ3) is 4.79. The summed E-state index contributed by atoms with van der Waals surface area (Å²) in [4.78, 5) is 39.9. The van der Waals surface area contributed by atoms with Gasteiger partial charge in [-0.25, -0.2) is 13.4 Å². The Morgan fingerprint density at radius 3 is 2.52 bits per heavy atom. The Morgan fingerprint density at radius 1 is 1.06 bits per heavy atom. The van der Waals surface area contributed by atoms with Crippen LogP contribution in [-0.4, -0.2) is 72.4 Å². The fraction of sp³-hybridized carbons (Fsp3) is 0.524. The summed E-state index contributed by atoms with van der Waals surface area (Å²) in [5.41, 5.74) is 0.978. The highest BCUT2D eigenvalue weighted by atomic mass is 32.2. The molecule has 0 spiro atoms. The molecule has 0 radical (unpaired) electrons. The van der Waals surface area contributed by atoms with Crippen molar-refractivity contribution in [2.24, 2.45) is 5.10 Å². The molecule has 31 heavy (non-hydrogen) atoms. The van der Waals surface area contributed by atoms with Gasteiger partial charge in [-0.15, -0.1) is 0 Å². The van der Waals surface area contributed by atoms with Crippen molar-refractivity contribution in [2.45, 2.75) is 44.6 Å². The third-order valence-corrected chi connectivity index (χ3v) is 7.68. The van der Waals surface area contributed by atoms with Gasteiger partial charge in [0, 0.05) is 25.9 Å². The van der Waals surface area contributed by atoms with Crippen molar-refractivity contribution in [1.29, 1.82) is 0 Å². The molecule has 3 heterocycles. The Hall–Kier alpha value is -2.75. The van der Waals surface area contributed by atoms with Crippen LogP contribution in [0.2, 0.25) is 0 Å². The average molecular weight is 447 g/mol. The molecule has 3 aliphatic heterocycles. The van der Waals surface area contributed by atoms with E-state index in [1.54, 1.807) is 29.2 Å². The number of likely N-dealkylation sites (tertiary alicyclic amines) is 1. The first-order chi connectivity index (χ1) is 14.8. The molecular weight excluding hydrogens is 420 g/mol.